The zero-order valence-electron chi connectivity index (χ0n) is 10.9. The molecule has 0 radical (unpaired) electrons. The zero-order valence-corrected chi connectivity index (χ0v) is 11.7. The Bertz CT molecular complexity index is 641. The Balaban J connectivity index is 2.62. The first-order valence-corrected chi connectivity index (χ1v) is 6.52. The Morgan fingerprint density at radius 1 is 1.45 bits per heavy atom. The maximum absolute atomic E-state index is 11.2. The molecule has 0 atom stereocenters. The maximum Gasteiger partial charge on any atom is 0.281 e. The van der Waals surface area contributed by atoms with Gasteiger partial charge in [0.1, 0.15) is 5.82 Å². The monoisotopic (exact) mass is 295 g/mol. The van der Waals surface area contributed by atoms with Gasteiger partial charge in [-0.15, -0.1) is 10.2 Å². The molecule has 0 saturated heterocycles. The summed E-state index contributed by atoms with van der Waals surface area (Å²) in [6.07, 6.45) is 0.847. The summed E-state index contributed by atoms with van der Waals surface area (Å²) in [4.78, 5) is 10.7. The zero-order chi connectivity index (χ0) is 14.7. The molecule has 1 aromatic carbocycles. The van der Waals surface area contributed by atoms with Crippen LogP contribution in [-0.2, 0) is 13.1 Å². The Morgan fingerprint density at radius 2 is 2.20 bits per heavy atom. The molecule has 20 heavy (non-hydrogen) atoms. The van der Waals surface area contributed by atoms with Crippen LogP contribution in [-0.4, -0.2) is 19.7 Å². The predicted octanol–water partition coefficient (Wildman–Crippen LogP) is 2.38. The van der Waals surface area contributed by atoms with Crippen LogP contribution in [0.15, 0.2) is 18.2 Å². The molecule has 1 aromatic heterocycles. The molecular formula is C12H14ClN5O2. The number of hydrogen-bond acceptors (Lipinski definition) is 5. The van der Waals surface area contributed by atoms with Gasteiger partial charge in [-0.2, -0.15) is 0 Å². The SMILES string of the molecule is CCCn1c(CN)nnc1-c1ccc(Cl)cc1[N+](=O)[O-]. The lowest BCUT2D eigenvalue weighted by molar-refractivity contribution is -0.384. The van der Waals surface area contributed by atoms with Gasteiger partial charge in [-0.3, -0.25) is 10.1 Å². The Morgan fingerprint density at radius 3 is 2.80 bits per heavy atom. The molecule has 2 N–H and O–H groups in total. The lowest BCUT2D eigenvalue weighted by atomic mass is 10.1. The summed E-state index contributed by atoms with van der Waals surface area (Å²) in [6.45, 7) is 2.88. The van der Waals surface area contributed by atoms with Gasteiger partial charge in [0.25, 0.3) is 5.69 Å². The second kappa shape index (κ2) is 5.98. The van der Waals surface area contributed by atoms with Crippen LogP contribution in [0.1, 0.15) is 19.2 Å². The molecule has 0 spiro atoms. The van der Waals surface area contributed by atoms with Gasteiger partial charge in [-0.25, -0.2) is 0 Å². The molecule has 8 heteroatoms. The molecule has 0 bridgehead atoms. The largest absolute Gasteiger partial charge is 0.324 e. The summed E-state index contributed by atoms with van der Waals surface area (Å²) < 4.78 is 1.80. The fraction of sp³-hybridized carbons (Fsp3) is 0.333. The molecule has 0 aliphatic heterocycles. The Labute approximate surface area is 120 Å². The highest BCUT2D eigenvalue weighted by Gasteiger charge is 2.21. The summed E-state index contributed by atoms with van der Waals surface area (Å²) in [5.41, 5.74) is 5.91. The number of aromatic nitrogens is 3. The van der Waals surface area contributed by atoms with Crippen LogP contribution in [0.2, 0.25) is 5.02 Å². The number of benzene rings is 1. The third kappa shape index (κ3) is 2.63. The van der Waals surface area contributed by atoms with Crippen molar-refractivity contribution in [3.05, 3.63) is 39.2 Å². The highest BCUT2D eigenvalue weighted by atomic mass is 35.5. The molecule has 1 heterocycles. The molecular weight excluding hydrogens is 282 g/mol. The summed E-state index contributed by atoms with van der Waals surface area (Å²) in [6, 6.07) is 4.48. The molecule has 0 saturated carbocycles. The first kappa shape index (κ1) is 14.4. The van der Waals surface area contributed by atoms with Crippen molar-refractivity contribution in [2.45, 2.75) is 26.4 Å². The van der Waals surface area contributed by atoms with E-state index in [4.69, 9.17) is 17.3 Å². The average molecular weight is 296 g/mol. The van der Waals surface area contributed by atoms with Crippen LogP contribution in [0.25, 0.3) is 11.4 Å². The minimum Gasteiger partial charge on any atom is -0.324 e. The summed E-state index contributed by atoms with van der Waals surface area (Å²) in [7, 11) is 0. The van der Waals surface area contributed by atoms with E-state index in [1.54, 1.807) is 16.7 Å². The molecule has 2 aromatic rings. The smallest absolute Gasteiger partial charge is 0.281 e. The van der Waals surface area contributed by atoms with Gasteiger partial charge in [-0.1, -0.05) is 18.5 Å². The summed E-state index contributed by atoms with van der Waals surface area (Å²) >= 11 is 5.81. The van der Waals surface area contributed by atoms with Gasteiger partial charge in [0.15, 0.2) is 5.82 Å². The Kier molecular flexibility index (Phi) is 4.31. The first-order chi connectivity index (χ1) is 9.58. The normalized spacial score (nSPS) is 10.8. The molecule has 0 amide bonds. The van der Waals surface area contributed by atoms with E-state index in [0.717, 1.165) is 6.42 Å². The highest BCUT2D eigenvalue weighted by Crippen LogP contribution is 2.31. The maximum atomic E-state index is 11.2. The standard InChI is InChI=1S/C12H14ClN5O2/c1-2-5-17-11(7-14)15-16-12(17)9-4-3-8(13)6-10(9)18(19)20/h3-4,6H,2,5,7,14H2,1H3. The van der Waals surface area contributed by atoms with Gasteiger partial charge < -0.3 is 10.3 Å². The van der Waals surface area contributed by atoms with E-state index in [-0.39, 0.29) is 12.2 Å². The number of hydrogen-bond donors (Lipinski definition) is 1. The predicted molar refractivity (Wildman–Crippen MR) is 75.3 cm³/mol. The molecule has 7 nitrogen and oxygen atoms in total. The Hall–Kier alpha value is -1.99. The fourth-order valence-electron chi connectivity index (χ4n) is 1.99. The number of nitrogens with zero attached hydrogens (tertiary/aromatic N) is 4. The lowest BCUT2D eigenvalue weighted by Gasteiger charge is -2.08. The van der Waals surface area contributed by atoms with Crippen molar-refractivity contribution in [3.63, 3.8) is 0 Å². The molecule has 0 aliphatic rings. The van der Waals surface area contributed by atoms with Crippen molar-refractivity contribution >= 4 is 17.3 Å². The van der Waals surface area contributed by atoms with Gasteiger partial charge >= 0.3 is 0 Å². The fourth-order valence-corrected chi connectivity index (χ4v) is 2.16. The third-order valence-corrected chi connectivity index (χ3v) is 3.09. The van der Waals surface area contributed by atoms with Gasteiger partial charge in [0, 0.05) is 17.6 Å². The van der Waals surface area contributed by atoms with Crippen molar-refractivity contribution in [2.75, 3.05) is 0 Å². The number of halogens is 1. The average Bonchev–Trinajstić information content (AvgIpc) is 2.82. The van der Waals surface area contributed by atoms with E-state index in [1.807, 2.05) is 6.92 Å². The van der Waals surface area contributed by atoms with E-state index in [1.165, 1.54) is 6.07 Å². The van der Waals surface area contributed by atoms with Crippen LogP contribution in [0.5, 0.6) is 0 Å². The van der Waals surface area contributed by atoms with Crippen molar-refractivity contribution in [1.29, 1.82) is 0 Å². The minimum atomic E-state index is -0.478. The van der Waals surface area contributed by atoms with Crippen LogP contribution in [0, 0.1) is 10.1 Å². The van der Waals surface area contributed by atoms with Crippen LogP contribution < -0.4 is 5.73 Å². The van der Waals surface area contributed by atoms with Crippen LogP contribution in [0.4, 0.5) is 5.69 Å². The van der Waals surface area contributed by atoms with Crippen molar-refractivity contribution < 1.29 is 4.92 Å². The third-order valence-electron chi connectivity index (χ3n) is 2.85. The van der Waals surface area contributed by atoms with Gasteiger partial charge in [-0.05, 0) is 18.6 Å². The highest BCUT2D eigenvalue weighted by molar-refractivity contribution is 6.30. The number of nitro groups is 1. The van der Waals surface area contributed by atoms with E-state index >= 15 is 0 Å². The number of rotatable bonds is 5. The van der Waals surface area contributed by atoms with Gasteiger partial charge in [0.2, 0.25) is 0 Å². The van der Waals surface area contributed by atoms with E-state index in [0.29, 0.717) is 28.8 Å². The summed E-state index contributed by atoms with van der Waals surface area (Å²) in [5, 5.41) is 19.5. The minimum absolute atomic E-state index is 0.0918. The quantitative estimate of drug-likeness (QED) is 0.674. The van der Waals surface area contributed by atoms with Crippen molar-refractivity contribution in [2.24, 2.45) is 5.73 Å². The second-order valence-electron chi connectivity index (χ2n) is 4.21. The topological polar surface area (TPSA) is 99.9 Å². The van der Waals surface area contributed by atoms with Crippen molar-refractivity contribution in [3.8, 4) is 11.4 Å². The summed E-state index contributed by atoms with van der Waals surface area (Å²) in [5.74, 6) is 1.04. The van der Waals surface area contributed by atoms with E-state index in [9.17, 15) is 10.1 Å². The first-order valence-electron chi connectivity index (χ1n) is 6.15. The number of nitro benzene ring substituents is 1. The van der Waals surface area contributed by atoms with Crippen molar-refractivity contribution in [1.82, 2.24) is 14.8 Å². The molecule has 0 aliphatic carbocycles. The van der Waals surface area contributed by atoms with Gasteiger partial charge in [0.05, 0.1) is 17.0 Å². The van der Waals surface area contributed by atoms with Crippen LogP contribution >= 0.6 is 11.6 Å². The molecule has 106 valence electrons. The molecule has 0 fully saturated rings. The van der Waals surface area contributed by atoms with E-state index in [2.05, 4.69) is 10.2 Å². The molecule has 2 rings (SSSR count). The number of nitrogens with two attached hydrogens (primary N) is 1. The second-order valence-corrected chi connectivity index (χ2v) is 4.65. The van der Waals surface area contributed by atoms with E-state index < -0.39 is 4.92 Å². The lowest BCUT2D eigenvalue weighted by Crippen LogP contribution is -2.09. The van der Waals surface area contributed by atoms with Crippen LogP contribution in [0.3, 0.4) is 0 Å². The molecule has 0 unspecified atom stereocenters.